The zero-order valence-corrected chi connectivity index (χ0v) is 46.8. The van der Waals surface area contributed by atoms with Gasteiger partial charge in [-0.2, -0.15) is 0 Å². The van der Waals surface area contributed by atoms with E-state index in [2.05, 4.69) is 39.8 Å². The predicted octanol–water partition coefficient (Wildman–Crippen LogP) is 6.33. The van der Waals surface area contributed by atoms with Gasteiger partial charge in [-0.25, -0.2) is 0 Å². The van der Waals surface area contributed by atoms with Gasteiger partial charge in [0.25, 0.3) is 11.8 Å². The van der Waals surface area contributed by atoms with Crippen LogP contribution in [0.4, 0.5) is 0 Å². The molecular formula is C57H77BN2NaO11. The normalized spacial score (nSPS) is 18.5. The molecule has 2 amide bonds. The summed E-state index contributed by atoms with van der Waals surface area (Å²) in [6.07, 6.45) is 5.74. The molecule has 3 radical (unpaired) electrons. The minimum atomic E-state index is -0.687. The number of likely N-dealkylation sites (tertiary alicyclic amines) is 2. The second-order valence-corrected chi connectivity index (χ2v) is 20.7. The Balaban J connectivity index is 0.000000358. The van der Waals surface area contributed by atoms with Crippen molar-refractivity contribution >= 4 is 26.5 Å². The van der Waals surface area contributed by atoms with Crippen LogP contribution in [0.15, 0.2) is 84.9 Å². The molecular weight excluding hydrogens is 922 g/mol. The van der Waals surface area contributed by atoms with Gasteiger partial charge < -0.3 is 54.7 Å². The molecule has 2 fully saturated rings. The van der Waals surface area contributed by atoms with E-state index in [9.17, 15) is 19.5 Å². The number of aldehydes is 1. The molecule has 2 spiro atoms. The monoisotopic (exact) mass is 1000 g/mol. The Morgan fingerprint density at radius 1 is 0.681 bits per heavy atom. The molecule has 2 saturated heterocycles. The van der Waals surface area contributed by atoms with Crippen LogP contribution < -0.4 is 48.5 Å². The maximum atomic E-state index is 13.3. The van der Waals surface area contributed by atoms with E-state index < -0.39 is 10.8 Å². The standard InChI is InChI=1S/C28H37NO5.C28H35NO5.CH4O.B.Na.H/c2*1-19(2)33-25-17-28(34-23-9-7-6-8-21(23)25)12-14-29(15-13-28)26(31)20-10-11-22(24(16-20)32-5)27(3,4)18-30;1-2;;;/h6-11,16,19,25,30H,12-15,17-18H2,1-5H3;6-11,16,18-19,25H,12-15,17H2,1-5H3;2H,1H3;;;/q;;;;+1;-1/t2*25-;;;;/m11..../s1. The van der Waals surface area contributed by atoms with Crippen molar-refractivity contribution in [3.05, 3.63) is 118 Å². The summed E-state index contributed by atoms with van der Waals surface area (Å²) in [5, 5.41) is 16.7. The van der Waals surface area contributed by atoms with Gasteiger partial charge in [0.2, 0.25) is 0 Å². The number of para-hydroxylation sites is 2. The van der Waals surface area contributed by atoms with Crippen LogP contribution in [0.5, 0.6) is 23.0 Å². The van der Waals surface area contributed by atoms with Crippen molar-refractivity contribution in [1.29, 1.82) is 0 Å². The first-order valence-corrected chi connectivity index (χ1v) is 24.7. The Kier molecular flexibility index (Phi) is 21.5. The molecule has 4 aromatic rings. The molecule has 2 atom stereocenters. The summed E-state index contributed by atoms with van der Waals surface area (Å²) in [5.74, 6) is 2.92. The maximum Gasteiger partial charge on any atom is 1.00 e. The third kappa shape index (κ3) is 13.7. The van der Waals surface area contributed by atoms with E-state index in [0.717, 1.165) is 85.7 Å². The van der Waals surface area contributed by atoms with Crippen molar-refractivity contribution in [1.82, 2.24) is 9.80 Å². The molecule has 15 heteroatoms. The summed E-state index contributed by atoms with van der Waals surface area (Å²) in [4.78, 5) is 41.9. The molecule has 0 aliphatic carbocycles. The van der Waals surface area contributed by atoms with Gasteiger partial charge in [0.15, 0.2) is 0 Å². The van der Waals surface area contributed by atoms with E-state index >= 15 is 0 Å². The van der Waals surface area contributed by atoms with Gasteiger partial charge in [-0.1, -0.05) is 62.4 Å². The molecule has 13 nitrogen and oxygen atoms in total. The fourth-order valence-electron chi connectivity index (χ4n) is 10.1. The second-order valence-electron chi connectivity index (χ2n) is 20.7. The van der Waals surface area contributed by atoms with Crippen molar-refractivity contribution in [2.75, 3.05) is 54.1 Å². The van der Waals surface area contributed by atoms with Crippen molar-refractivity contribution in [2.45, 2.75) is 140 Å². The van der Waals surface area contributed by atoms with Gasteiger partial charge in [-0.3, -0.25) is 9.59 Å². The van der Waals surface area contributed by atoms with Crippen molar-refractivity contribution in [3.63, 3.8) is 0 Å². The van der Waals surface area contributed by atoms with Crippen molar-refractivity contribution in [3.8, 4) is 23.0 Å². The van der Waals surface area contributed by atoms with E-state index in [-0.39, 0.29) is 93.4 Å². The average molecular weight is 1000 g/mol. The number of benzene rings is 4. The van der Waals surface area contributed by atoms with Crippen LogP contribution in [0.3, 0.4) is 0 Å². The molecule has 4 aliphatic rings. The fourth-order valence-corrected chi connectivity index (χ4v) is 10.1. The topological polar surface area (TPSA) is 154 Å². The van der Waals surface area contributed by atoms with Gasteiger partial charge in [-0.15, -0.1) is 0 Å². The number of methoxy groups -OCH3 is 2. The maximum absolute atomic E-state index is 13.3. The summed E-state index contributed by atoms with van der Waals surface area (Å²) >= 11 is 0. The zero-order chi connectivity index (χ0) is 51.0. The Morgan fingerprint density at radius 3 is 1.42 bits per heavy atom. The summed E-state index contributed by atoms with van der Waals surface area (Å²) in [6.45, 7) is 18.3. The number of amides is 2. The minimum Gasteiger partial charge on any atom is -1.00 e. The molecule has 0 saturated carbocycles. The third-order valence-corrected chi connectivity index (χ3v) is 14.1. The molecule has 8 rings (SSSR count). The van der Waals surface area contributed by atoms with E-state index in [0.29, 0.717) is 48.8 Å². The average Bonchev–Trinajstić information content (AvgIpc) is 3.36. The van der Waals surface area contributed by atoms with Gasteiger partial charge in [0.1, 0.15) is 40.5 Å². The SMILES string of the molecule is CO.COc1cc(C(=O)N2CCC3(CC2)C[C@@H](OC(C)C)c2ccccc2O3)ccc1C(C)(C)C=O.COc1cc(C(=O)N2CCC3(CC2)C[C@@H](OC(C)C)c2ccccc2O3)ccc1C(C)(C)CO.[B].[H-].[Na+]. The number of nitrogens with zero attached hydrogens (tertiary/aromatic N) is 2. The Hall–Kier alpha value is -4.41. The Labute approximate surface area is 453 Å². The number of hydrogen-bond acceptors (Lipinski definition) is 11. The molecule has 2 N–H and O–H groups in total. The first-order chi connectivity index (χ1) is 33.4. The van der Waals surface area contributed by atoms with Crippen LogP contribution in [-0.2, 0) is 25.1 Å². The molecule has 4 aromatic carbocycles. The van der Waals surface area contributed by atoms with Crippen LogP contribution in [-0.4, -0.2) is 124 Å². The zero-order valence-electron chi connectivity index (χ0n) is 45.8. The molecule has 72 heavy (non-hydrogen) atoms. The number of aliphatic hydroxyl groups is 2. The van der Waals surface area contributed by atoms with Gasteiger partial charge in [-0.05, 0) is 77.9 Å². The van der Waals surface area contributed by atoms with Gasteiger partial charge in [0, 0.05) is 124 Å². The number of hydrogen-bond donors (Lipinski definition) is 2. The first kappa shape index (κ1) is 60.2. The molecule has 0 bridgehead atoms. The predicted molar refractivity (Wildman–Crippen MR) is 277 cm³/mol. The summed E-state index contributed by atoms with van der Waals surface area (Å²) < 4.78 is 36.7. The van der Waals surface area contributed by atoms with Crippen LogP contribution in [0.1, 0.15) is 151 Å². The number of aliphatic hydroxyl groups excluding tert-OH is 2. The number of piperidine rings is 2. The summed E-state index contributed by atoms with van der Waals surface area (Å²) in [6, 6.07) is 27.1. The third-order valence-electron chi connectivity index (χ3n) is 14.1. The first-order valence-electron chi connectivity index (χ1n) is 24.7. The molecule has 0 unspecified atom stereocenters. The number of fused-ring (bicyclic) bond motifs is 2. The van der Waals surface area contributed by atoms with Crippen molar-refractivity contribution in [2.24, 2.45) is 0 Å². The molecule has 385 valence electrons. The van der Waals surface area contributed by atoms with Crippen LogP contribution in [0.2, 0.25) is 0 Å². The second kappa shape index (κ2) is 25.7. The van der Waals surface area contributed by atoms with Gasteiger partial charge in [0.05, 0.1) is 45.2 Å². The molecule has 4 aliphatic heterocycles. The van der Waals surface area contributed by atoms with Crippen molar-refractivity contribution < 1.29 is 84.0 Å². The van der Waals surface area contributed by atoms with E-state index in [1.165, 1.54) is 0 Å². The van der Waals surface area contributed by atoms with Gasteiger partial charge >= 0.3 is 29.6 Å². The minimum absolute atomic E-state index is 0. The number of rotatable bonds is 12. The van der Waals surface area contributed by atoms with Crippen LogP contribution in [0.25, 0.3) is 0 Å². The summed E-state index contributed by atoms with van der Waals surface area (Å²) in [5.41, 5.74) is 3.24. The number of ether oxygens (including phenoxy) is 6. The number of carbonyl (C=O) groups excluding carboxylic acids is 3. The quantitative estimate of drug-likeness (QED) is 0.121. The van der Waals surface area contributed by atoms with Crippen LogP contribution in [0, 0.1) is 0 Å². The Bertz CT molecular complexity index is 2440. The Morgan fingerprint density at radius 2 is 1.06 bits per heavy atom. The molecule has 0 aromatic heterocycles. The van der Waals surface area contributed by atoms with Crippen LogP contribution >= 0.6 is 0 Å². The number of carbonyl (C=O) groups is 3. The van der Waals surface area contributed by atoms with E-state index in [4.69, 9.17) is 33.5 Å². The smallest absolute Gasteiger partial charge is 1.00 e. The van der Waals surface area contributed by atoms with E-state index in [1.54, 1.807) is 32.4 Å². The fraction of sp³-hybridized carbons (Fsp3) is 0.526. The summed E-state index contributed by atoms with van der Waals surface area (Å²) in [7, 11) is 4.16. The van der Waals surface area contributed by atoms with E-state index in [1.807, 2.05) is 92.1 Å². The largest absolute Gasteiger partial charge is 1.00 e. The molecule has 4 heterocycles.